The Morgan fingerprint density at radius 3 is 2.61 bits per heavy atom. The zero-order chi connectivity index (χ0) is 20.1. The predicted octanol–water partition coefficient (Wildman–Crippen LogP) is 2.91. The van der Waals surface area contributed by atoms with Crippen molar-refractivity contribution in [2.75, 3.05) is 18.0 Å². The first-order valence-electron chi connectivity index (χ1n) is 8.66. The smallest absolute Gasteiger partial charge is 0.323 e. The molecule has 8 heteroatoms. The molecule has 2 aliphatic heterocycles. The summed E-state index contributed by atoms with van der Waals surface area (Å²) in [4.78, 5) is 39.3. The van der Waals surface area contributed by atoms with E-state index in [0.717, 1.165) is 9.80 Å². The molecule has 2 aromatic carbocycles. The number of hydrogen-bond acceptors (Lipinski definition) is 3. The Labute approximate surface area is 165 Å². The molecule has 28 heavy (non-hydrogen) atoms. The Balaban J connectivity index is 1.75. The highest BCUT2D eigenvalue weighted by Crippen LogP contribution is 2.50. The van der Waals surface area contributed by atoms with E-state index in [0.29, 0.717) is 21.8 Å². The molecular formula is C20H16ClFN2O4. The number of aliphatic carboxylic acids is 1. The minimum atomic E-state index is -1.70. The van der Waals surface area contributed by atoms with Crippen LogP contribution in [0.1, 0.15) is 23.8 Å². The standard InChI is InChI=1S/C20H16ClFN2O4/c21-13-6-7-15-14(8-13)20(19(28)23(15)10-17(26)27)9-16(25)24(11-20)18(22)12-4-2-1-3-5-12/h1-8,18H,9-11H2,(H,26,27). The summed E-state index contributed by atoms with van der Waals surface area (Å²) in [6.45, 7) is -0.717. The quantitative estimate of drug-likeness (QED) is 0.798. The van der Waals surface area contributed by atoms with Crippen LogP contribution in [-0.2, 0) is 19.8 Å². The van der Waals surface area contributed by atoms with Crippen LogP contribution < -0.4 is 4.90 Å². The fourth-order valence-corrected chi connectivity index (χ4v) is 4.19. The topological polar surface area (TPSA) is 77.9 Å². The molecular weight excluding hydrogens is 387 g/mol. The normalized spacial score (nSPS) is 22.1. The largest absolute Gasteiger partial charge is 0.480 e. The molecule has 0 saturated carbocycles. The van der Waals surface area contributed by atoms with E-state index >= 15 is 4.39 Å². The zero-order valence-corrected chi connectivity index (χ0v) is 15.4. The summed E-state index contributed by atoms with van der Waals surface area (Å²) >= 11 is 6.10. The lowest BCUT2D eigenvalue weighted by atomic mass is 9.81. The molecule has 0 bridgehead atoms. The molecule has 6 nitrogen and oxygen atoms in total. The number of likely N-dealkylation sites (tertiary alicyclic amines) is 1. The van der Waals surface area contributed by atoms with Crippen molar-refractivity contribution in [2.24, 2.45) is 0 Å². The van der Waals surface area contributed by atoms with Gasteiger partial charge in [0.25, 0.3) is 0 Å². The Kier molecular flexibility index (Phi) is 4.34. The van der Waals surface area contributed by atoms with Gasteiger partial charge in [0.1, 0.15) is 12.0 Å². The average Bonchev–Trinajstić information content (AvgIpc) is 3.13. The van der Waals surface area contributed by atoms with Crippen molar-refractivity contribution >= 4 is 35.1 Å². The first kappa shape index (κ1) is 18.4. The number of benzene rings is 2. The number of fused-ring (bicyclic) bond motifs is 2. The van der Waals surface area contributed by atoms with E-state index in [1.54, 1.807) is 48.5 Å². The van der Waals surface area contributed by atoms with Gasteiger partial charge >= 0.3 is 5.97 Å². The SMILES string of the molecule is O=C(O)CN1C(=O)C2(CC(=O)N(C(F)c3ccccc3)C2)c2cc(Cl)ccc21. The zero-order valence-electron chi connectivity index (χ0n) is 14.6. The third-order valence-electron chi connectivity index (χ3n) is 5.27. The number of carboxylic acid groups (broad SMARTS) is 1. The van der Waals surface area contributed by atoms with E-state index in [1.165, 1.54) is 0 Å². The van der Waals surface area contributed by atoms with Gasteiger partial charge in [0.15, 0.2) is 0 Å². The van der Waals surface area contributed by atoms with Crippen molar-refractivity contribution in [2.45, 2.75) is 18.1 Å². The van der Waals surface area contributed by atoms with E-state index in [-0.39, 0.29) is 13.0 Å². The van der Waals surface area contributed by atoms with Gasteiger partial charge in [0.05, 0.1) is 0 Å². The van der Waals surface area contributed by atoms with Crippen LogP contribution in [0.3, 0.4) is 0 Å². The second-order valence-electron chi connectivity index (χ2n) is 6.97. The molecule has 1 N–H and O–H groups in total. The second-order valence-corrected chi connectivity index (χ2v) is 7.41. The van der Waals surface area contributed by atoms with Crippen LogP contribution in [0.5, 0.6) is 0 Å². The van der Waals surface area contributed by atoms with Crippen LogP contribution in [0.2, 0.25) is 5.02 Å². The molecule has 2 amide bonds. The van der Waals surface area contributed by atoms with Gasteiger partial charge in [-0.05, 0) is 23.8 Å². The van der Waals surface area contributed by atoms with Crippen LogP contribution in [0.25, 0.3) is 0 Å². The maximum absolute atomic E-state index is 15.1. The fourth-order valence-electron chi connectivity index (χ4n) is 4.02. The highest BCUT2D eigenvalue weighted by Gasteiger charge is 2.58. The Morgan fingerprint density at radius 2 is 1.93 bits per heavy atom. The van der Waals surface area contributed by atoms with Crippen molar-refractivity contribution in [1.82, 2.24) is 4.90 Å². The molecule has 0 aliphatic carbocycles. The number of carbonyl (C=O) groups excluding carboxylic acids is 2. The minimum Gasteiger partial charge on any atom is -0.480 e. The molecule has 0 radical (unpaired) electrons. The third-order valence-corrected chi connectivity index (χ3v) is 5.51. The monoisotopic (exact) mass is 402 g/mol. The first-order chi connectivity index (χ1) is 13.3. The lowest BCUT2D eigenvalue weighted by Gasteiger charge is -2.25. The molecule has 4 rings (SSSR count). The molecule has 1 fully saturated rings. The molecule has 2 heterocycles. The summed E-state index contributed by atoms with van der Waals surface area (Å²) in [5, 5.41) is 9.54. The summed E-state index contributed by atoms with van der Waals surface area (Å²) in [6, 6.07) is 12.9. The van der Waals surface area contributed by atoms with E-state index in [2.05, 4.69) is 0 Å². The van der Waals surface area contributed by atoms with Gasteiger partial charge in [-0.2, -0.15) is 0 Å². The number of carbonyl (C=O) groups is 3. The summed E-state index contributed by atoms with van der Waals surface area (Å²) in [6.07, 6.45) is -1.93. The first-order valence-corrected chi connectivity index (χ1v) is 9.03. The number of halogens is 2. The van der Waals surface area contributed by atoms with Crippen LogP contribution >= 0.6 is 11.6 Å². The van der Waals surface area contributed by atoms with Crippen molar-refractivity contribution in [3.8, 4) is 0 Å². The lowest BCUT2D eigenvalue weighted by molar-refractivity contribution is -0.137. The van der Waals surface area contributed by atoms with Crippen LogP contribution in [0.15, 0.2) is 48.5 Å². The molecule has 0 aromatic heterocycles. The Hall–Kier alpha value is -2.93. The van der Waals surface area contributed by atoms with Gasteiger partial charge in [-0.1, -0.05) is 41.9 Å². The Morgan fingerprint density at radius 1 is 1.21 bits per heavy atom. The number of rotatable bonds is 4. The van der Waals surface area contributed by atoms with Gasteiger partial charge in [0, 0.05) is 29.2 Å². The highest BCUT2D eigenvalue weighted by atomic mass is 35.5. The Bertz CT molecular complexity index is 983. The predicted molar refractivity (Wildman–Crippen MR) is 99.7 cm³/mol. The number of nitrogens with zero attached hydrogens (tertiary/aromatic N) is 2. The minimum absolute atomic E-state index is 0.176. The van der Waals surface area contributed by atoms with Crippen molar-refractivity contribution in [3.05, 3.63) is 64.7 Å². The number of carboxylic acids is 1. The summed E-state index contributed by atoms with van der Waals surface area (Å²) in [7, 11) is 0. The second kappa shape index (κ2) is 6.60. The summed E-state index contributed by atoms with van der Waals surface area (Å²) in [5.41, 5.74) is -0.178. The van der Waals surface area contributed by atoms with E-state index in [1.807, 2.05) is 0 Å². The molecule has 2 aromatic rings. The van der Waals surface area contributed by atoms with Gasteiger partial charge in [0.2, 0.25) is 18.1 Å². The molecule has 2 unspecified atom stereocenters. The van der Waals surface area contributed by atoms with Gasteiger partial charge in [-0.15, -0.1) is 0 Å². The van der Waals surface area contributed by atoms with Gasteiger partial charge in [-0.25, -0.2) is 4.39 Å². The number of anilines is 1. The van der Waals surface area contributed by atoms with E-state index in [9.17, 15) is 19.5 Å². The summed E-state index contributed by atoms with van der Waals surface area (Å²) in [5.74, 6) is -2.21. The van der Waals surface area contributed by atoms with Gasteiger partial charge < -0.3 is 14.9 Å². The molecule has 2 atom stereocenters. The average molecular weight is 403 g/mol. The van der Waals surface area contributed by atoms with Crippen molar-refractivity contribution < 1.29 is 23.9 Å². The van der Waals surface area contributed by atoms with Crippen LogP contribution in [0.4, 0.5) is 10.1 Å². The molecule has 144 valence electrons. The molecule has 1 saturated heterocycles. The van der Waals surface area contributed by atoms with Crippen molar-refractivity contribution in [3.63, 3.8) is 0 Å². The van der Waals surface area contributed by atoms with E-state index in [4.69, 9.17) is 11.6 Å². The molecule has 1 spiro atoms. The molecule has 2 aliphatic rings. The fraction of sp³-hybridized carbons (Fsp3) is 0.250. The maximum atomic E-state index is 15.1. The van der Waals surface area contributed by atoms with Crippen molar-refractivity contribution in [1.29, 1.82) is 0 Å². The summed E-state index contributed by atoms with van der Waals surface area (Å²) < 4.78 is 15.1. The van der Waals surface area contributed by atoms with Crippen LogP contribution in [-0.4, -0.2) is 40.9 Å². The number of hydrogen-bond donors (Lipinski definition) is 1. The number of alkyl halides is 1. The van der Waals surface area contributed by atoms with Gasteiger partial charge in [-0.3, -0.25) is 14.4 Å². The third kappa shape index (κ3) is 2.74. The highest BCUT2D eigenvalue weighted by molar-refractivity contribution is 6.31. The van der Waals surface area contributed by atoms with E-state index < -0.39 is 36.0 Å². The number of amides is 2. The van der Waals surface area contributed by atoms with Crippen LogP contribution in [0, 0.1) is 0 Å². The maximum Gasteiger partial charge on any atom is 0.323 e. The lowest BCUT2D eigenvalue weighted by Crippen LogP contribution is -2.44.